The molecule has 2 aromatic rings. The number of hydrogen-bond donors (Lipinski definition) is 4. The number of oxime groups is 1. The molecule has 0 saturated heterocycles. The zero-order valence-corrected chi connectivity index (χ0v) is 26.4. The molecule has 4 aliphatic carbocycles. The highest BCUT2D eigenvalue weighted by Gasteiger charge is 2.53. The summed E-state index contributed by atoms with van der Waals surface area (Å²) in [6, 6.07) is 2.40. The van der Waals surface area contributed by atoms with Crippen LogP contribution in [0.5, 0.6) is 11.5 Å². The summed E-state index contributed by atoms with van der Waals surface area (Å²) in [5, 5.41) is 36.3. The van der Waals surface area contributed by atoms with Gasteiger partial charge in [-0.05, 0) is 59.9 Å². The zero-order chi connectivity index (χ0) is 32.4. The van der Waals surface area contributed by atoms with Gasteiger partial charge < -0.3 is 29.9 Å². The van der Waals surface area contributed by atoms with Crippen LogP contribution in [-0.4, -0.2) is 40.2 Å². The van der Waals surface area contributed by atoms with Crippen molar-refractivity contribution in [3.05, 3.63) is 105 Å². The van der Waals surface area contributed by atoms with Crippen molar-refractivity contribution < 1.29 is 24.9 Å². The van der Waals surface area contributed by atoms with Gasteiger partial charge >= 0.3 is 0 Å². The van der Waals surface area contributed by atoms with Crippen molar-refractivity contribution in [2.45, 2.75) is 50.9 Å². The summed E-state index contributed by atoms with van der Waals surface area (Å²) in [6.07, 6.45) is 5.50. The Morgan fingerprint density at radius 2 is 1.64 bits per heavy atom. The fourth-order valence-electron chi connectivity index (χ4n) is 6.62. The molecule has 1 atom stereocenters. The van der Waals surface area contributed by atoms with Crippen LogP contribution in [0, 0.1) is 14.0 Å². The quantitative estimate of drug-likeness (QED) is 0.0884. The largest absolute Gasteiger partial charge is 0.510 e. The Morgan fingerprint density at radius 3 is 2.31 bits per heavy atom. The van der Waals surface area contributed by atoms with Crippen molar-refractivity contribution in [1.29, 1.82) is 0 Å². The van der Waals surface area contributed by atoms with Gasteiger partial charge in [0.2, 0.25) is 16.3 Å². The third-order valence-corrected chi connectivity index (χ3v) is 9.97. The highest BCUT2D eigenvalue weighted by molar-refractivity contribution is 14.1. The lowest BCUT2D eigenvalue weighted by molar-refractivity contribution is 0.141. The van der Waals surface area contributed by atoms with E-state index in [1.807, 2.05) is 22.6 Å². The highest BCUT2D eigenvalue weighted by atomic mass is 127. The van der Waals surface area contributed by atoms with Crippen LogP contribution >= 0.6 is 22.6 Å². The smallest absolute Gasteiger partial charge is 0.260 e. The Hall–Kier alpha value is -4.53. The normalized spacial score (nSPS) is 17.2. The van der Waals surface area contributed by atoms with Crippen LogP contribution in [0.2, 0.25) is 0 Å². The fraction of sp³-hybridized carbons (Fsp3) is 0.312. The lowest BCUT2D eigenvalue weighted by Gasteiger charge is -2.27. The first-order valence-corrected chi connectivity index (χ1v) is 15.4. The molecule has 0 aliphatic heterocycles. The van der Waals surface area contributed by atoms with E-state index in [1.54, 1.807) is 6.07 Å². The van der Waals surface area contributed by atoms with Crippen LogP contribution in [-0.2, 0) is 16.7 Å². The third kappa shape index (κ3) is 4.23. The summed E-state index contributed by atoms with van der Waals surface area (Å²) in [5.41, 5.74) is -6.10. The molecule has 232 valence electrons. The molecule has 1 spiro atoms. The minimum atomic E-state index is -1.97. The summed E-state index contributed by atoms with van der Waals surface area (Å²) in [5.74, 6) is -2.51. The van der Waals surface area contributed by atoms with Gasteiger partial charge in [0.05, 0.1) is 45.3 Å². The number of aromatic amines is 1. The lowest BCUT2D eigenvalue weighted by Crippen LogP contribution is -2.51. The molecule has 0 fully saturated rings. The number of pyridine rings is 1. The first-order chi connectivity index (χ1) is 21.5. The molecule has 4 aliphatic rings. The second-order valence-electron chi connectivity index (χ2n) is 11.2. The summed E-state index contributed by atoms with van der Waals surface area (Å²) < 4.78 is 5.45. The maximum Gasteiger partial charge on any atom is 0.260 e. The van der Waals surface area contributed by atoms with Gasteiger partial charge in [-0.3, -0.25) is 24.0 Å². The van der Waals surface area contributed by atoms with Gasteiger partial charge in [0, 0.05) is 20.6 Å². The molecule has 4 N–H and O–H groups in total. The average molecular weight is 726 g/mol. The predicted octanol–water partition coefficient (Wildman–Crippen LogP) is 1.05. The minimum Gasteiger partial charge on any atom is -0.510 e. The van der Waals surface area contributed by atoms with Gasteiger partial charge in [0.1, 0.15) is 29.3 Å². The molecule has 13 heteroatoms. The summed E-state index contributed by atoms with van der Waals surface area (Å²) in [4.78, 5) is 74.3. The standard InChI is InChI=1S/C32H27IN2O10/c1-3-4-5-6-9-45-34-12-13-10-15-18(31(43)35-13)28(40)23-14(24(15)33)7-8-32(23)29(41)21-22(30(32)42)27(39)20-19(26(21)38)16(36)11-17(44-2)25(20)37/h10-12,40-42H,3-9H2,1-2H3,(H,35,43)/b34-12+/t32-/m0/s1. The molecule has 0 amide bonds. The predicted molar refractivity (Wildman–Crippen MR) is 174 cm³/mol. The number of aromatic hydroxyl groups is 1. The highest BCUT2D eigenvalue weighted by Crippen LogP contribution is 2.55. The number of nitrogens with one attached hydrogen (secondary N) is 1. The molecule has 1 aromatic carbocycles. The summed E-state index contributed by atoms with van der Waals surface area (Å²) in [6.45, 7) is 2.53. The maximum atomic E-state index is 13.7. The molecule has 6 rings (SSSR count). The number of halogens is 1. The van der Waals surface area contributed by atoms with E-state index in [2.05, 4.69) is 17.1 Å². The Labute approximate surface area is 266 Å². The topological polar surface area (TPSA) is 193 Å². The van der Waals surface area contributed by atoms with Crippen molar-refractivity contribution in [2.75, 3.05) is 13.7 Å². The number of methoxy groups -OCH3 is 1. The summed E-state index contributed by atoms with van der Waals surface area (Å²) >= 11 is 2.00. The molecule has 45 heavy (non-hydrogen) atoms. The number of fused-ring (bicyclic) bond motifs is 4. The van der Waals surface area contributed by atoms with Gasteiger partial charge in [0.15, 0.2) is 11.2 Å². The molecule has 0 saturated carbocycles. The number of nitrogens with zero attached hydrogens (tertiary/aromatic N) is 1. The number of aromatic nitrogens is 1. The number of phenolic OH excluding ortho intramolecular Hbond substituents is 1. The number of ether oxygens (including phenoxy) is 1. The maximum absolute atomic E-state index is 13.7. The molecule has 0 radical (unpaired) electrons. The van der Waals surface area contributed by atoms with Crippen LogP contribution in [0.3, 0.4) is 0 Å². The summed E-state index contributed by atoms with van der Waals surface area (Å²) in [7, 11) is 1.13. The van der Waals surface area contributed by atoms with Gasteiger partial charge in [-0.2, -0.15) is 0 Å². The molecule has 1 heterocycles. The van der Waals surface area contributed by atoms with Crippen LogP contribution in [0.4, 0.5) is 0 Å². The van der Waals surface area contributed by atoms with E-state index in [0.29, 0.717) is 26.8 Å². The number of aliphatic hydroxyl groups is 2. The number of aliphatic hydroxyl groups excluding tert-OH is 2. The SMILES string of the molecule is CCCCCCO/N=C/c1cc2c(I)c3c(c(O)c2c(=O)[nH]1)[C@@]1(CC3)C(O)=c2c(=O)c3c(=O)cc(OC)c(=O)c=3c(=O)c2=C1O. The van der Waals surface area contributed by atoms with Crippen molar-refractivity contribution in [3.63, 3.8) is 0 Å². The lowest BCUT2D eigenvalue weighted by atomic mass is 9.78. The zero-order valence-electron chi connectivity index (χ0n) is 24.2. The van der Waals surface area contributed by atoms with E-state index in [4.69, 9.17) is 9.57 Å². The van der Waals surface area contributed by atoms with Crippen LogP contribution in [0.25, 0.3) is 22.3 Å². The molecule has 0 bridgehead atoms. The Morgan fingerprint density at radius 1 is 0.956 bits per heavy atom. The Kier molecular flexibility index (Phi) is 7.54. The molecular formula is C32H27IN2O10. The van der Waals surface area contributed by atoms with Crippen molar-refractivity contribution in [1.82, 2.24) is 4.98 Å². The molecule has 0 unspecified atom stereocenters. The van der Waals surface area contributed by atoms with E-state index in [-0.39, 0.29) is 23.8 Å². The minimum absolute atomic E-state index is 0.0435. The van der Waals surface area contributed by atoms with E-state index < -0.39 is 76.6 Å². The second kappa shape index (κ2) is 11.1. The van der Waals surface area contributed by atoms with Crippen LogP contribution in [0.15, 0.2) is 41.3 Å². The van der Waals surface area contributed by atoms with E-state index in [9.17, 15) is 39.3 Å². The Bertz CT molecular complexity index is 2440. The monoisotopic (exact) mass is 726 g/mol. The third-order valence-electron chi connectivity index (χ3n) is 8.73. The molecule has 1 aromatic heterocycles. The van der Waals surface area contributed by atoms with E-state index in [0.717, 1.165) is 38.9 Å². The number of rotatable bonds is 8. The van der Waals surface area contributed by atoms with Crippen molar-refractivity contribution >= 4 is 51.1 Å². The Balaban J connectivity index is 1.58. The number of unbranched alkanes of at least 4 members (excludes halogenated alkanes) is 3. The fourth-order valence-corrected chi connectivity index (χ4v) is 7.59. The van der Waals surface area contributed by atoms with Gasteiger partial charge in [-0.1, -0.05) is 24.9 Å². The van der Waals surface area contributed by atoms with Gasteiger partial charge in [-0.15, -0.1) is 0 Å². The van der Waals surface area contributed by atoms with Gasteiger partial charge in [0.25, 0.3) is 5.56 Å². The van der Waals surface area contributed by atoms with E-state index >= 15 is 0 Å². The van der Waals surface area contributed by atoms with Crippen molar-refractivity contribution in [3.8, 4) is 11.5 Å². The molecular weight excluding hydrogens is 699 g/mol. The second-order valence-corrected chi connectivity index (χ2v) is 12.2. The molecule has 12 nitrogen and oxygen atoms in total. The van der Waals surface area contributed by atoms with Crippen LogP contribution < -0.4 is 42.4 Å². The van der Waals surface area contributed by atoms with Crippen molar-refractivity contribution in [2.24, 2.45) is 5.16 Å². The van der Waals surface area contributed by atoms with Gasteiger partial charge in [-0.25, -0.2) is 0 Å². The number of phenols is 1. The average Bonchev–Trinajstić information content (AvgIpc) is 3.52. The number of benzene rings is 1. The number of hydrogen-bond acceptors (Lipinski definition) is 11. The first kappa shape index (κ1) is 30.5. The van der Waals surface area contributed by atoms with E-state index in [1.165, 1.54) is 6.21 Å². The number of H-pyrrole nitrogens is 1. The van der Waals surface area contributed by atoms with Crippen LogP contribution in [0.1, 0.15) is 55.8 Å². The first-order valence-electron chi connectivity index (χ1n) is 14.3.